The Morgan fingerprint density at radius 2 is 1.81 bits per heavy atom. The number of nitrogens with two attached hydrogens (primary N) is 1. The average molecular weight is 468 g/mol. The maximum Gasteiger partial charge on any atom is 0.317 e. The van der Waals surface area contributed by atoms with Crippen LogP contribution in [0.4, 0.5) is 0 Å². The second kappa shape index (κ2) is 11.4. The predicted octanol–water partition coefficient (Wildman–Crippen LogP) is 4.28. The molecule has 2 unspecified atom stereocenters. The third-order valence-corrected chi connectivity index (χ3v) is 5.26. The van der Waals surface area contributed by atoms with Crippen LogP contribution in [0.15, 0.2) is 52.8 Å². The third-order valence-electron chi connectivity index (χ3n) is 4.70. The molecular weight excluding hydrogens is 445 g/mol. The van der Waals surface area contributed by atoms with Gasteiger partial charge < -0.3 is 25.6 Å². The fourth-order valence-corrected chi connectivity index (χ4v) is 3.75. The molecule has 0 aliphatic heterocycles. The number of carbonyl (C=O) groups excluding carboxylic acids is 1. The summed E-state index contributed by atoms with van der Waals surface area (Å²) >= 11 is 12.4. The van der Waals surface area contributed by atoms with Crippen LogP contribution >= 0.6 is 23.2 Å². The average Bonchev–Trinajstić information content (AvgIpc) is 2.76. The van der Waals surface area contributed by atoms with Crippen molar-refractivity contribution < 1.29 is 24.7 Å². The van der Waals surface area contributed by atoms with E-state index in [4.69, 9.17) is 38.4 Å². The molecule has 2 aromatic rings. The van der Waals surface area contributed by atoms with Gasteiger partial charge in [-0.05, 0) is 54.4 Å². The van der Waals surface area contributed by atoms with Crippen molar-refractivity contribution in [2.24, 2.45) is 22.0 Å². The molecule has 0 radical (unpaired) electrons. The van der Waals surface area contributed by atoms with E-state index in [0.717, 1.165) is 0 Å². The second-order valence-electron chi connectivity index (χ2n) is 6.51. The molecule has 31 heavy (non-hydrogen) atoms. The van der Waals surface area contributed by atoms with Crippen molar-refractivity contribution in [3.63, 3.8) is 0 Å². The number of methoxy groups -OCH3 is 1. The van der Waals surface area contributed by atoms with E-state index in [9.17, 15) is 15.2 Å². The van der Waals surface area contributed by atoms with E-state index >= 15 is 0 Å². The molecule has 166 valence electrons. The van der Waals surface area contributed by atoms with Gasteiger partial charge >= 0.3 is 5.97 Å². The van der Waals surface area contributed by atoms with Crippen molar-refractivity contribution in [3.05, 3.63) is 63.6 Å². The van der Waals surface area contributed by atoms with Gasteiger partial charge in [-0.2, -0.15) is 0 Å². The Balaban J connectivity index is 2.57. The first-order valence-corrected chi connectivity index (χ1v) is 10.1. The summed E-state index contributed by atoms with van der Waals surface area (Å²) in [6.07, 6.45) is 0.0177. The summed E-state index contributed by atoms with van der Waals surface area (Å²) in [5, 5.41) is 26.1. The monoisotopic (exact) mass is 467 g/mol. The van der Waals surface area contributed by atoms with Crippen LogP contribution in [0.5, 0.6) is 5.75 Å². The Hall–Kier alpha value is -2.97. The molecule has 0 bridgehead atoms. The summed E-state index contributed by atoms with van der Waals surface area (Å²) in [4.78, 5) is 12.7. The van der Waals surface area contributed by atoms with Gasteiger partial charge in [0.15, 0.2) is 5.84 Å². The van der Waals surface area contributed by atoms with Gasteiger partial charge in [0, 0.05) is 22.4 Å². The summed E-state index contributed by atoms with van der Waals surface area (Å²) < 4.78 is 10.3. The molecule has 2 rings (SSSR count). The molecule has 10 heteroatoms. The molecule has 0 spiro atoms. The highest BCUT2D eigenvalue weighted by Gasteiger charge is 2.37. The van der Waals surface area contributed by atoms with Crippen LogP contribution in [0.25, 0.3) is 0 Å². The van der Waals surface area contributed by atoms with Gasteiger partial charge in [0.2, 0.25) is 0 Å². The lowest BCUT2D eigenvalue weighted by Crippen LogP contribution is -2.38. The van der Waals surface area contributed by atoms with Gasteiger partial charge in [-0.15, -0.1) is 0 Å². The highest BCUT2D eigenvalue weighted by Crippen LogP contribution is 2.37. The lowest BCUT2D eigenvalue weighted by atomic mass is 9.80. The second-order valence-corrected chi connectivity index (χ2v) is 7.35. The molecule has 0 amide bonds. The normalized spacial score (nSPS) is 14.1. The minimum atomic E-state index is -1.20. The number of nitrogens with zero attached hydrogens (tertiary/aromatic N) is 2. The van der Waals surface area contributed by atoms with Crippen molar-refractivity contribution in [1.29, 1.82) is 0 Å². The summed E-state index contributed by atoms with van der Waals surface area (Å²) in [6.45, 7) is 1.73. The van der Waals surface area contributed by atoms with Crippen molar-refractivity contribution in [1.82, 2.24) is 0 Å². The molecular formula is C21H23Cl2N3O5. The number of halogens is 2. The van der Waals surface area contributed by atoms with Crippen LogP contribution in [0.3, 0.4) is 0 Å². The molecule has 0 saturated heterocycles. The van der Waals surface area contributed by atoms with Crippen LogP contribution in [0, 0.1) is 5.92 Å². The highest BCUT2D eigenvalue weighted by molar-refractivity contribution is 6.35. The summed E-state index contributed by atoms with van der Waals surface area (Å²) in [5.41, 5.74) is 7.20. The zero-order chi connectivity index (χ0) is 23.0. The van der Waals surface area contributed by atoms with E-state index in [1.807, 2.05) is 0 Å². The molecule has 0 aromatic heterocycles. The SMILES string of the molecule is CCOC(=O)C(/C(N)=N\O)C(C/C(=N/O)c1ccc(OC)cc1)c1ccc(Cl)cc1Cl. The Morgan fingerprint density at radius 1 is 1.13 bits per heavy atom. The van der Waals surface area contributed by atoms with Crippen molar-refractivity contribution >= 4 is 40.7 Å². The van der Waals surface area contributed by atoms with Crippen molar-refractivity contribution in [2.75, 3.05) is 13.7 Å². The molecule has 0 fully saturated rings. The topological polar surface area (TPSA) is 127 Å². The Bertz CT molecular complexity index is 964. The van der Waals surface area contributed by atoms with E-state index in [-0.39, 0.29) is 29.6 Å². The zero-order valence-electron chi connectivity index (χ0n) is 17.0. The molecule has 8 nitrogen and oxygen atoms in total. The highest BCUT2D eigenvalue weighted by atomic mass is 35.5. The summed E-state index contributed by atoms with van der Waals surface area (Å²) in [6, 6.07) is 11.6. The standard InChI is InChI=1S/C21H23Cl2N3O5/c1-3-31-21(27)19(20(24)26-29)16(15-9-6-13(22)10-17(15)23)11-18(25-28)12-4-7-14(30-2)8-5-12/h4-10,16,19,28-29H,3,11H2,1-2H3,(H2,24,26)/b25-18-. The van der Waals surface area contributed by atoms with Gasteiger partial charge in [-0.1, -0.05) is 39.6 Å². The molecule has 0 heterocycles. The van der Waals surface area contributed by atoms with Gasteiger partial charge in [0.1, 0.15) is 11.7 Å². The largest absolute Gasteiger partial charge is 0.497 e. The Morgan fingerprint density at radius 3 is 2.32 bits per heavy atom. The molecule has 4 N–H and O–H groups in total. The summed E-state index contributed by atoms with van der Waals surface area (Å²) in [7, 11) is 1.54. The van der Waals surface area contributed by atoms with Crippen LogP contribution in [0.1, 0.15) is 30.4 Å². The number of rotatable bonds is 9. The first-order chi connectivity index (χ1) is 14.9. The van der Waals surface area contributed by atoms with Crippen molar-refractivity contribution in [2.45, 2.75) is 19.3 Å². The number of esters is 1. The first-order valence-electron chi connectivity index (χ1n) is 9.30. The smallest absolute Gasteiger partial charge is 0.317 e. The molecule has 0 aliphatic carbocycles. The van der Waals surface area contributed by atoms with E-state index in [1.165, 1.54) is 13.2 Å². The number of hydrogen-bond donors (Lipinski definition) is 3. The molecule has 2 aromatic carbocycles. The Kier molecular flexibility index (Phi) is 8.96. The van der Waals surface area contributed by atoms with Gasteiger partial charge in [-0.25, -0.2) is 0 Å². The number of amidine groups is 1. The van der Waals surface area contributed by atoms with Gasteiger partial charge in [-0.3, -0.25) is 4.79 Å². The lowest BCUT2D eigenvalue weighted by Gasteiger charge is -2.26. The van der Waals surface area contributed by atoms with Gasteiger partial charge in [0.25, 0.3) is 0 Å². The van der Waals surface area contributed by atoms with E-state index in [1.54, 1.807) is 43.3 Å². The van der Waals surface area contributed by atoms with Crippen LogP contribution in [0.2, 0.25) is 10.0 Å². The van der Waals surface area contributed by atoms with Gasteiger partial charge in [0.05, 0.1) is 19.4 Å². The molecule has 0 saturated carbocycles. The van der Waals surface area contributed by atoms with Crippen LogP contribution < -0.4 is 10.5 Å². The minimum Gasteiger partial charge on any atom is -0.497 e. The number of benzene rings is 2. The van der Waals surface area contributed by atoms with E-state index < -0.39 is 17.8 Å². The van der Waals surface area contributed by atoms with E-state index in [0.29, 0.717) is 21.9 Å². The predicted molar refractivity (Wildman–Crippen MR) is 119 cm³/mol. The maximum atomic E-state index is 12.7. The number of ether oxygens (including phenoxy) is 2. The number of hydrogen-bond acceptors (Lipinski definition) is 7. The fraction of sp³-hybridized carbons (Fsp3) is 0.286. The molecule has 0 aliphatic rings. The quantitative estimate of drug-likeness (QED) is 0.166. The lowest BCUT2D eigenvalue weighted by molar-refractivity contribution is -0.146. The first kappa shape index (κ1) is 24.3. The number of carbonyl (C=O) groups is 1. The minimum absolute atomic E-state index is 0.0177. The summed E-state index contributed by atoms with van der Waals surface area (Å²) in [5.74, 6) is -2.42. The van der Waals surface area contributed by atoms with Crippen LogP contribution in [-0.2, 0) is 9.53 Å². The van der Waals surface area contributed by atoms with E-state index in [2.05, 4.69) is 10.3 Å². The van der Waals surface area contributed by atoms with Crippen molar-refractivity contribution in [3.8, 4) is 5.75 Å². The zero-order valence-corrected chi connectivity index (χ0v) is 18.5. The number of oxime groups is 2. The fourth-order valence-electron chi connectivity index (χ4n) is 3.20. The third kappa shape index (κ3) is 6.02. The van der Waals surface area contributed by atoms with Crippen LogP contribution in [-0.4, -0.2) is 41.6 Å². The molecule has 2 atom stereocenters. The Labute approximate surface area is 189 Å². The maximum absolute atomic E-state index is 12.7.